The van der Waals surface area contributed by atoms with Crippen LogP contribution in [0.15, 0.2) is 60.7 Å². The second kappa shape index (κ2) is 7.92. The third-order valence-electron chi connectivity index (χ3n) is 5.39. The Hall–Kier alpha value is -3.17. The number of hydrogen-bond donors (Lipinski definition) is 1. The minimum absolute atomic E-state index is 0.137. The van der Waals surface area contributed by atoms with Gasteiger partial charge in [-0.3, -0.25) is 4.79 Å². The van der Waals surface area contributed by atoms with Crippen LogP contribution in [0.3, 0.4) is 0 Å². The average molecular weight is 415 g/mol. The van der Waals surface area contributed by atoms with E-state index in [0.29, 0.717) is 10.6 Å². The number of carbonyl (C=O) groups excluding carboxylic acids is 1. The number of pyridine rings is 1. The van der Waals surface area contributed by atoms with Gasteiger partial charge in [0, 0.05) is 21.7 Å². The highest BCUT2D eigenvalue weighted by molar-refractivity contribution is 6.30. The molecule has 4 aromatic rings. The fourth-order valence-electron chi connectivity index (χ4n) is 3.92. The molecule has 0 atom stereocenters. The first-order chi connectivity index (χ1) is 14.3. The normalized spacial score (nSPS) is 11.0. The van der Waals surface area contributed by atoms with Gasteiger partial charge in [-0.1, -0.05) is 53.6 Å². The fourth-order valence-corrected chi connectivity index (χ4v) is 4.11. The molecule has 3 nitrogen and oxygen atoms in total. The summed E-state index contributed by atoms with van der Waals surface area (Å²) in [4.78, 5) is 18.5. The molecule has 0 fully saturated rings. The van der Waals surface area contributed by atoms with Crippen LogP contribution in [0.2, 0.25) is 5.02 Å². The molecule has 1 amide bonds. The monoisotopic (exact) mass is 414 g/mol. The topological polar surface area (TPSA) is 42.0 Å². The van der Waals surface area contributed by atoms with E-state index in [0.717, 1.165) is 50.1 Å². The SMILES string of the molecule is Cc1cc(C)c2nc(-c3cccc(Cl)c3)c(C)c(C(=O)Nc3ccccc3C)c2c1. The molecule has 0 spiro atoms. The Bertz CT molecular complexity index is 1290. The summed E-state index contributed by atoms with van der Waals surface area (Å²) in [5.74, 6) is -0.137. The first kappa shape index (κ1) is 20.1. The number of amides is 1. The van der Waals surface area contributed by atoms with E-state index < -0.39 is 0 Å². The highest BCUT2D eigenvalue weighted by Crippen LogP contribution is 2.33. The van der Waals surface area contributed by atoms with Crippen molar-refractivity contribution in [2.45, 2.75) is 27.7 Å². The van der Waals surface area contributed by atoms with Crippen molar-refractivity contribution in [2.24, 2.45) is 0 Å². The van der Waals surface area contributed by atoms with Crippen molar-refractivity contribution in [3.05, 3.63) is 93.5 Å². The minimum atomic E-state index is -0.137. The Labute approximate surface area is 181 Å². The van der Waals surface area contributed by atoms with Crippen LogP contribution in [0.25, 0.3) is 22.2 Å². The second-order valence-corrected chi connectivity index (χ2v) is 8.15. The Morgan fingerprint density at radius 2 is 1.67 bits per heavy atom. The zero-order chi connectivity index (χ0) is 21.4. The number of aryl methyl sites for hydroxylation is 3. The van der Waals surface area contributed by atoms with E-state index in [4.69, 9.17) is 16.6 Å². The summed E-state index contributed by atoms with van der Waals surface area (Å²) in [6, 6.07) is 19.5. The van der Waals surface area contributed by atoms with Crippen molar-refractivity contribution in [3.63, 3.8) is 0 Å². The number of para-hydroxylation sites is 1. The molecule has 1 aromatic heterocycles. The lowest BCUT2D eigenvalue weighted by Gasteiger charge is -2.17. The van der Waals surface area contributed by atoms with E-state index in [1.165, 1.54) is 0 Å². The molecule has 1 heterocycles. The van der Waals surface area contributed by atoms with E-state index >= 15 is 0 Å². The Balaban J connectivity index is 1.98. The lowest BCUT2D eigenvalue weighted by molar-refractivity contribution is 0.102. The number of hydrogen-bond acceptors (Lipinski definition) is 2. The smallest absolute Gasteiger partial charge is 0.256 e. The molecular weight excluding hydrogens is 392 g/mol. The highest BCUT2D eigenvalue weighted by atomic mass is 35.5. The van der Waals surface area contributed by atoms with Crippen molar-refractivity contribution in [2.75, 3.05) is 5.32 Å². The number of nitrogens with zero attached hydrogens (tertiary/aromatic N) is 1. The molecule has 0 aliphatic heterocycles. The Morgan fingerprint density at radius 3 is 2.40 bits per heavy atom. The predicted octanol–water partition coefficient (Wildman–Crippen LogP) is 7.04. The first-order valence-corrected chi connectivity index (χ1v) is 10.3. The van der Waals surface area contributed by atoms with Crippen molar-refractivity contribution in [1.82, 2.24) is 4.98 Å². The number of anilines is 1. The van der Waals surface area contributed by atoms with Crippen molar-refractivity contribution >= 4 is 34.1 Å². The molecule has 1 N–H and O–H groups in total. The van der Waals surface area contributed by atoms with Crippen LogP contribution in [-0.2, 0) is 0 Å². The van der Waals surface area contributed by atoms with Gasteiger partial charge in [0.2, 0.25) is 0 Å². The van der Waals surface area contributed by atoms with Crippen LogP contribution in [0.1, 0.15) is 32.6 Å². The van der Waals surface area contributed by atoms with Gasteiger partial charge in [-0.2, -0.15) is 0 Å². The summed E-state index contributed by atoms with van der Waals surface area (Å²) in [6.45, 7) is 8.00. The maximum atomic E-state index is 13.5. The van der Waals surface area contributed by atoms with Gasteiger partial charge >= 0.3 is 0 Å². The molecule has 0 saturated carbocycles. The maximum absolute atomic E-state index is 13.5. The molecule has 4 rings (SSSR count). The summed E-state index contributed by atoms with van der Waals surface area (Å²) in [6.07, 6.45) is 0. The first-order valence-electron chi connectivity index (χ1n) is 9.89. The summed E-state index contributed by atoms with van der Waals surface area (Å²) in [5.41, 5.74) is 7.94. The van der Waals surface area contributed by atoms with Crippen LogP contribution in [0, 0.1) is 27.7 Å². The van der Waals surface area contributed by atoms with Gasteiger partial charge in [0.15, 0.2) is 0 Å². The number of halogens is 1. The Kier molecular flexibility index (Phi) is 5.31. The maximum Gasteiger partial charge on any atom is 0.256 e. The Morgan fingerprint density at radius 1 is 0.900 bits per heavy atom. The molecule has 0 aliphatic rings. The third kappa shape index (κ3) is 3.69. The van der Waals surface area contributed by atoms with Gasteiger partial charge in [-0.05, 0) is 68.7 Å². The van der Waals surface area contributed by atoms with E-state index in [2.05, 4.69) is 11.4 Å². The molecule has 0 bridgehead atoms. The molecule has 0 radical (unpaired) electrons. The average Bonchev–Trinajstić information content (AvgIpc) is 2.69. The van der Waals surface area contributed by atoms with Gasteiger partial charge < -0.3 is 5.32 Å². The molecule has 3 aromatic carbocycles. The lowest BCUT2D eigenvalue weighted by atomic mass is 9.94. The predicted molar refractivity (Wildman–Crippen MR) is 126 cm³/mol. The van der Waals surface area contributed by atoms with Crippen LogP contribution >= 0.6 is 11.6 Å². The van der Waals surface area contributed by atoms with Crippen LogP contribution in [0.5, 0.6) is 0 Å². The standard InChI is InChI=1S/C26H23ClN2O/c1-15-12-17(3)24-21(13-15)23(26(30)28-22-11-6-5-8-16(22)2)18(4)25(29-24)19-9-7-10-20(27)14-19/h5-14H,1-4H3,(H,28,30). The zero-order valence-corrected chi connectivity index (χ0v) is 18.3. The third-order valence-corrected chi connectivity index (χ3v) is 5.62. The minimum Gasteiger partial charge on any atom is -0.322 e. The zero-order valence-electron chi connectivity index (χ0n) is 17.5. The van der Waals surface area contributed by atoms with Crippen molar-refractivity contribution in [3.8, 4) is 11.3 Å². The van der Waals surface area contributed by atoms with Crippen molar-refractivity contribution in [1.29, 1.82) is 0 Å². The van der Waals surface area contributed by atoms with Crippen molar-refractivity contribution < 1.29 is 4.79 Å². The number of fused-ring (bicyclic) bond motifs is 1. The van der Waals surface area contributed by atoms with E-state index in [9.17, 15) is 4.79 Å². The second-order valence-electron chi connectivity index (χ2n) is 7.72. The van der Waals surface area contributed by atoms with Gasteiger partial charge in [-0.25, -0.2) is 4.98 Å². The quantitative estimate of drug-likeness (QED) is 0.390. The van der Waals surface area contributed by atoms with Gasteiger partial charge in [0.25, 0.3) is 5.91 Å². The lowest BCUT2D eigenvalue weighted by Crippen LogP contribution is -2.16. The molecule has 0 unspecified atom stereocenters. The summed E-state index contributed by atoms with van der Waals surface area (Å²) < 4.78 is 0. The summed E-state index contributed by atoms with van der Waals surface area (Å²) in [5, 5.41) is 4.60. The molecule has 0 aliphatic carbocycles. The molecule has 150 valence electrons. The van der Waals surface area contributed by atoms with E-state index in [1.54, 1.807) is 0 Å². The molecule has 0 saturated heterocycles. The largest absolute Gasteiger partial charge is 0.322 e. The van der Waals surface area contributed by atoms with Gasteiger partial charge in [-0.15, -0.1) is 0 Å². The summed E-state index contributed by atoms with van der Waals surface area (Å²) in [7, 11) is 0. The molecule has 30 heavy (non-hydrogen) atoms. The van der Waals surface area contributed by atoms with Crippen LogP contribution in [-0.4, -0.2) is 10.9 Å². The number of nitrogens with one attached hydrogen (secondary N) is 1. The van der Waals surface area contributed by atoms with E-state index in [1.807, 2.05) is 82.3 Å². The number of rotatable bonds is 3. The van der Waals surface area contributed by atoms with Crippen LogP contribution in [0.4, 0.5) is 5.69 Å². The van der Waals surface area contributed by atoms with Gasteiger partial charge in [0.1, 0.15) is 0 Å². The number of aromatic nitrogens is 1. The van der Waals surface area contributed by atoms with Crippen LogP contribution < -0.4 is 5.32 Å². The number of carbonyl (C=O) groups is 1. The highest BCUT2D eigenvalue weighted by Gasteiger charge is 2.21. The molecule has 4 heteroatoms. The van der Waals surface area contributed by atoms with E-state index in [-0.39, 0.29) is 5.91 Å². The fraction of sp³-hybridized carbons (Fsp3) is 0.154. The van der Waals surface area contributed by atoms with Gasteiger partial charge in [0.05, 0.1) is 16.8 Å². The number of benzene rings is 3. The molecular formula is C26H23ClN2O. The summed E-state index contributed by atoms with van der Waals surface area (Å²) >= 11 is 6.24.